The monoisotopic (exact) mass is 547 g/mol. The summed E-state index contributed by atoms with van der Waals surface area (Å²) in [6.07, 6.45) is -3.08. The van der Waals surface area contributed by atoms with Crippen LogP contribution < -0.4 is 10.0 Å². The molecule has 0 aliphatic heterocycles. The first kappa shape index (κ1) is 25.8. The van der Waals surface area contributed by atoms with Gasteiger partial charge in [-0.2, -0.15) is 23.4 Å². The first-order chi connectivity index (χ1) is 17.5. The Morgan fingerprint density at radius 2 is 1.68 bits per heavy atom. The number of aromatic nitrogens is 1. The number of aromatic carboxylic acids is 1. The van der Waals surface area contributed by atoms with Gasteiger partial charge in [0.25, 0.3) is 10.0 Å². The molecular formula is C23H16F3N5O4S2. The maximum Gasteiger partial charge on any atom is 0.416 e. The van der Waals surface area contributed by atoms with Crippen LogP contribution in [0.3, 0.4) is 0 Å². The van der Waals surface area contributed by atoms with Crippen LogP contribution in [0.15, 0.2) is 93.4 Å². The van der Waals surface area contributed by atoms with E-state index < -0.39 is 27.7 Å². The summed E-state index contributed by atoms with van der Waals surface area (Å²) in [4.78, 5) is 15.6. The number of halogens is 3. The molecule has 4 rings (SSSR count). The number of carboxylic acids is 1. The summed E-state index contributed by atoms with van der Waals surface area (Å²) in [6.45, 7) is 0. The molecule has 0 amide bonds. The average Bonchev–Trinajstić information content (AvgIpc) is 3.35. The minimum atomic E-state index is -4.54. The van der Waals surface area contributed by atoms with Crippen molar-refractivity contribution in [1.82, 2.24) is 4.98 Å². The van der Waals surface area contributed by atoms with E-state index in [9.17, 15) is 31.5 Å². The zero-order valence-corrected chi connectivity index (χ0v) is 20.1. The molecule has 37 heavy (non-hydrogen) atoms. The van der Waals surface area contributed by atoms with Crippen molar-refractivity contribution in [3.8, 4) is 0 Å². The topological polar surface area (TPSA) is 133 Å². The molecule has 0 aliphatic rings. The number of anilines is 3. The lowest BCUT2D eigenvalue weighted by Gasteiger charge is -2.12. The summed E-state index contributed by atoms with van der Waals surface area (Å²) in [5, 5.41) is 22.1. The van der Waals surface area contributed by atoms with Crippen LogP contribution in [0.5, 0.6) is 0 Å². The third-order valence-corrected chi connectivity index (χ3v) is 6.96. The number of thiazole rings is 1. The van der Waals surface area contributed by atoms with Gasteiger partial charge in [-0.15, -0.1) is 11.3 Å². The van der Waals surface area contributed by atoms with Gasteiger partial charge in [-0.1, -0.05) is 6.07 Å². The van der Waals surface area contributed by atoms with Gasteiger partial charge >= 0.3 is 12.1 Å². The number of alkyl halides is 3. The Kier molecular flexibility index (Phi) is 7.22. The van der Waals surface area contributed by atoms with E-state index in [0.717, 1.165) is 23.5 Å². The fraction of sp³-hybridized carbons (Fsp3) is 0.0435. The van der Waals surface area contributed by atoms with Crippen LogP contribution >= 0.6 is 11.3 Å². The minimum Gasteiger partial charge on any atom is -0.478 e. The number of nitrogens with one attached hydrogen (secondary N) is 2. The molecule has 9 nitrogen and oxygen atoms in total. The molecule has 3 aromatic carbocycles. The molecule has 0 unspecified atom stereocenters. The highest BCUT2D eigenvalue weighted by Gasteiger charge is 2.30. The number of azo groups is 1. The van der Waals surface area contributed by atoms with Crippen molar-refractivity contribution >= 4 is 55.2 Å². The van der Waals surface area contributed by atoms with Gasteiger partial charge in [0, 0.05) is 17.3 Å². The van der Waals surface area contributed by atoms with Gasteiger partial charge in [0.05, 0.1) is 33.1 Å². The second-order valence-corrected chi connectivity index (χ2v) is 9.95. The molecule has 190 valence electrons. The van der Waals surface area contributed by atoms with Crippen LogP contribution in [0.1, 0.15) is 15.9 Å². The molecule has 1 aromatic heterocycles. The molecule has 0 radical (unpaired) electrons. The van der Waals surface area contributed by atoms with Crippen LogP contribution in [-0.4, -0.2) is 24.5 Å². The standard InChI is InChI=1S/C23H16F3N5O4S2/c24-23(25,26)14-2-1-3-16(12-14)28-20-9-6-17(13-19(20)21(32)33)30-29-15-4-7-18(8-5-15)37(34,35)31-22-27-10-11-36-22/h1-13,28H,(H,27,31)(H,32,33). The van der Waals surface area contributed by atoms with Gasteiger partial charge < -0.3 is 10.4 Å². The SMILES string of the molecule is O=C(O)c1cc(N=Nc2ccc(S(=O)(=O)Nc3nccs3)cc2)ccc1Nc1cccc(C(F)(F)F)c1. The fourth-order valence-corrected chi connectivity index (χ4v) is 4.85. The summed E-state index contributed by atoms with van der Waals surface area (Å²) in [5.74, 6) is -1.33. The van der Waals surface area contributed by atoms with Crippen LogP contribution in [0, 0.1) is 0 Å². The molecule has 3 N–H and O–H groups in total. The van der Waals surface area contributed by atoms with Gasteiger partial charge in [-0.05, 0) is 60.7 Å². The van der Waals surface area contributed by atoms with Gasteiger partial charge in [0.15, 0.2) is 5.13 Å². The van der Waals surface area contributed by atoms with Crippen molar-refractivity contribution in [1.29, 1.82) is 0 Å². The molecule has 0 aliphatic carbocycles. The largest absolute Gasteiger partial charge is 0.478 e. The Balaban J connectivity index is 1.51. The number of nitrogens with zero attached hydrogens (tertiary/aromatic N) is 3. The maximum absolute atomic E-state index is 13.0. The Labute approximate surface area is 212 Å². The zero-order chi connectivity index (χ0) is 26.6. The number of benzene rings is 3. The van der Waals surface area contributed by atoms with E-state index in [2.05, 4.69) is 25.3 Å². The van der Waals surface area contributed by atoms with Crippen molar-refractivity contribution in [2.24, 2.45) is 10.2 Å². The van der Waals surface area contributed by atoms with Crippen molar-refractivity contribution in [3.63, 3.8) is 0 Å². The lowest BCUT2D eigenvalue weighted by atomic mass is 10.1. The van der Waals surface area contributed by atoms with Crippen LogP contribution in [0.2, 0.25) is 0 Å². The van der Waals surface area contributed by atoms with E-state index in [1.54, 1.807) is 5.38 Å². The lowest BCUT2D eigenvalue weighted by molar-refractivity contribution is -0.137. The van der Waals surface area contributed by atoms with E-state index in [4.69, 9.17) is 0 Å². The Morgan fingerprint density at radius 3 is 2.32 bits per heavy atom. The van der Waals surface area contributed by atoms with Crippen molar-refractivity contribution in [2.75, 3.05) is 10.0 Å². The van der Waals surface area contributed by atoms with Gasteiger partial charge in [-0.3, -0.25) is 4.72 Å². The van der Waals surface area contributed by atoms with E-state index in [-0.39, 0.29) is 32.7 Å². The second-order valence-electron chi connectivity index (χ2n) is 7.38. The highest BCUT2D eigenvalue weighted by Crippen LogP contribution is 2.33. The Hall–Kier alpha value is -4.30. The predicted molar refractivity (Wildman–Crippen MR) is 132 cm³/mol. The lowest BCUT2D eigenvalue weighted by Crippen LogP contribution is -2.12. The first-order valence-corrected chi connectivity index (χ1v) is 12.6. The van der Waals surface area contributed by atoms with Gasteiger partial charge in [0.2, 0.25) is 0 Å². The smallest absolute Gasteiger partial charge is 0.416 e. The summed E-state index contributed by atoms with van der Waals surface area (Å²) < 4.78 is 66.1. The predicted octanol–water partition coefficient (Wildman–Crippen LogP) is 6.82. The second kappa shape index (κ2) is 10.4. The quantitative estimate of drug-likeness (QED) is 0.207. The summed E-state index contributed by atoms with van der Waals surface area (Å²) in [7, 11) is -3.83. The van der Waals surface area contributed by atoms with Gasteiger partial charge in [-0.25, -0.2) is 18.2 Å². The molecular weight excluding hydrogens is 531 g/mol. The molecule has 0 saturated carbocycles. The number of carboxylic acid groups (broad SMARTS) is 1. The van der Waals surface area contributed by atoms with E-state index in [0.29, 0.717) is 5.69 Å². The molecule has 0 bridgehead atoms. The summed E-state index contributed by atoms with van der Waals surface area (Å²) in [5.41, 5.74) is -0.523. The molecule has 14 heteroatoms. The molecule has 0 fully saturated rings. The Bertz CT molecular complexity index is 1560. The molecule has 0 atom stereocenters. The highest BCUT2D eigenvalue weighted by atomic mass is 32.2. The van der Waals surface area contributed by atoms with Crippen LogP contribution in [0.4, 0.5) is 41.1 Å². The average molecular weight is 548 g/mol. The summed E-state index contributed by atoms with van der Waals surface area (Å²) >= 11 is 1.13. The zero-order valence-electron chi connectivity index (χ0n) is 18.5. The number of rotatable bonds is 8. The summed E-state index contributed by atoms with van der Waals surface area (Å²) in [6, 6.07) is 13.9. The van der Waals surface area contributed by atoms with E-state index in [1.165, 1.54) is 60.8 Å². The van der Waals surface area contributed by atoms with E-state index in [1.807, 2.05) is 0 Å². The fourth-order valence-electron chi connectivity index (χ4n) is 3.06. The normalized spacial score (nSPS) is 12.0. The van der Waals surface area contributed by atoms with Crippen LogP contribution in [-0.2, 0) is 16.2 Å². The highest BCUT2D eigenvalue weighted by molar-refractivity contribution is 7.93. The van der Waals surface area contributed by atoms with Crippen molar-refractivity contribution in [2.45, 2.75) is 11.1 Å². The van der Waals surface area contributed by atoms with Gasteiger partial charge in [0.1, 0.15) is 0 Å². The number of hydrogen-bond donors (Lipinski definition) is 3. The molecule has 1 heterocycles. The third-order valence-electron chi connectivity index (χ3n) is 4.78. The maximum atomic E-state index is 13.0. The Morgan fingerprint density at radius 1 is 0.973 bits per heavy atom. The first-order valence-electron chi connectivity index (χ1n) is 10.3. The molecule has 0 spiro atoms. The number of sulfonamides is 1. The van der Waals surface area contributed by atoms with Crippen molar-refractivity contribution in [3.05, 3.63) is 89.4 Å². The number of hydrogen-bond acceptors (Lipinski definition) is 8. The van der Waals surface area contributed by atoms with E-state index >= 15 is 0 Å². The minimum absolute atomic E-state index is 0.0140. The number of carbonyl (C=O) groups is 1. The third kappa shape index (κ3) is 6.48. The van der Waals surface area contributed by atoms with Crippen molar-refractivity contribution < 1.29 is 31.5 Å². The molecule has 0 saturated heterocycles. The van der Waals surface area contributed by atoms with Crippen LogP contribution in [0.25, 0.3) is 0 Å². The molecule has 4 aromatic rings.